The molecular weight excluding hydrogens is 108 g/mol. The highest BCUT2D eigenvalue weighted by atomic mass is 14.7. The minimum Gasteiger partial charge on any atom is -0.0836 e. The fourth-order valence-corrected chi connectivity index (χ4v) is 2.68. The van der Waals surface area contributed by atoms with Gasteiger partial charge in [0, 0.05) is 0 Å². The smallest absolute Gasteiger partial charge is 0.00105 e. The van der Waals surface area contributed by atoms with Crippen molar-refractivity contribution in [1.82, 2.24) is 0 Å². The van der Waals surface area contributed by atoms with Gasteiger partial charge in [0.25, 0.3) is 0 Å². The molecule has 0 aromatic heterocycles. The third-order valence-corrected chi connectivity index (χ3v) is 3.35. The summed E-state index contributed by atoms with van der Waals surface area (Å²) in [5.41, 5.74) is 0.611. The predicted molar refractivity (Wildman–Crippen MR) is 36.9 cm³/mol. The molecule has 1 saturated carbocycles. The standard InChI is InChI=1S/C9H10/c1-9-5-4-6-2-3-7(9)8(6)9/h2-8H,1H3. The van der Waals surface area contributed by atoms with Crippen LogP contribution in [0.5, 0.6) is 0 Å². The fourth-order valence-electron chi connectivity index (χ4n) is 2.68. The Morgan fingerprint density at radius 2 is 2.11 bits per heavy atom. The van der Waals surface area contributed by atoms with E-state index < -0.39 is 0 Å². The first-order valence-electron chi connectivity index (χ1n) is 3.70. The third kappa shape index (κ3) is 0.277. The van der Waals surface area contributed by atoms with Crippen molar-refractivity contribution in [3.8, 4) is 0 Å². The Kier molecular flexibility index (Phi) is 0.441. The normalized spacial score (nSPS) is 64.8. The highest BCUT2D eigenvalue weighted by Gasteiger charge is 2.65. The first-order valence-corrected chi connectivity index (χ1v) is 3.70. The van der Waals surface area contributed by atoms with Gasteiger partial charge in [-0.1, -0.05) is 31.2 Å². The molecule has 0 heterocycles. The minimum absolute atomic E-state index is 0.611. The van der Waals surface area contributed by atoms with Gasteiger partial charge in [0.05, 0.1) is 0 Å². The largest absolute Gasteiger partial charge is 0.0836 e. The summed E-state index contributed by atoms with van der Waals surface area (Å²) in [6.45, 7) is 2.38. The molecule has 4 atom stereocenters. The van der Waals surface area contributed by atoms with Gasteiger partial charge in [-0.25, -0.2) is 0 Å². The second kappa shape index (κ2) is 0.920. The lowest BCUT2D eigenvalue weighted by molar-refractivity contribution is 0.605. The van der Waals surface area contributed by atoms with Gasteiger partial charge in [-0.15, -0.1) is 0 Å². The number of hydrogen-bond acceptors (Lipinski definition) is 0. The van der Waals surface area contributed by atoms with Crippen LogP contribution in [0, 0.1) is 23.2 Å². The van der Waals surface area contributed by atoms with Crippen LogP contribution >= 0.6 is 0 Å². The van der Waals surface area contributed by atoms with E-state index in [2.05, 4.69) is 31.2 Å². The molecule has 0 saturated heterocycles. The quantitative estimate of drug-likeness (QED) is 0.427. The van der Waals surface area contributed by atoms with Crippen molar-refractivity contribution in [2.45, 2.75) is 6.92 Å². The van der Waals surface area contributed by atoms with Crippen molar-refractivity contribution >= 4 is 0 Å². The molecule has 0 heteroatoms. The van der Waals surface area contributed by atoms with Crippen LogP contribution in [0.4, 0.5) is 0 Å². The lowest BCUT2D eigenvalue weighted by atomic mass is 10.0. The van der Waals surface area contributed by atoms with Crippen molar-refractivity contribution < 1.29 is 0 Å². The zero-order valence-corrected chi connectivity index (χ0v) is 5.54. The van der Waals surface area contributed by atoms with Crippen LogP contribution in [0.25, 0.3) is 0 Å². The van der Waals surface area contributed by atoms with Crippen molar-refractivity contribution in [1.29, 1.82) is 0 Å². The maximum absolute atomic E-state index is 2.41. The molecule has 0 aromatic rings. The summed E-state index contributed by atoms with van der Waals surface area (Å²) in [5, 5.41) is 0. The van der Waals surface area contributed by atoms with Gasteiger partial charge >= 0.3 is 0 Å². The van der Waals surface area contributed by atoms with Gasteiger partial charge in [-0.3, -0.25) is 0 Å². The van der Waals surface area contributed by atoms with E-state index in [1.165, 1.54) is 0 Å². The van der Waals surface area contributed by atoms with E-state index in [-0.39, 0.29) is 0 Å². The Morgan fingerprint density at radius 3 is 2.67 bits per heavy atom. The molecule has 0 aliphatic heterocycles. The Labute approximate surface area is 55.3 Å². The van der Waals surface area contributed by atoms with Crippen molar-refractivity contribution in [2.75, 3.05) is 0 Å². The maximum atomic E-state index is 2.41. The average molecular weight is 118 g/mol. The van der Waals surface area contributed by atoms with E-state index in [1.54, 1.807) is 0 Å². The second-order valence-corrected chi connectivity index (χ2v) is 3.74. The SMILES string of the molecule is CC12C=CC3C=CC1C32. The molecule has 0 N–H and O–H groups in total. The van der Waals surface area contributed by atoms with E-state index in [9.17, 15) is 0 Å². The Bertz CT molecular complexity index is 224. The van der Waals surface area contributed by atoms with Crippen molar-refractivity contribution in [2.24, 2.45) is 23.2 Å². The number of fused-ring (bicyclic) bond motifs is 1. The molecule has 1 fully saturated rings. The zero-order valence-electron chi connectivity index (χ0n) is 5.54. The van der Waals surface area contributed by atoms with Crippen LogP contribution < -0.4 is 0 Å². The maximum Gasteiger partial charge on any atom is -0.00105 e. The monoisotopic (exact) mass is 118 g/mol. The minimum atomic E-state index is 0.611. The molecule has 3 aliphatic carbocycles. The molecule has 0 amide bonds. The van der Waals surface area contributed by atoms with Gasteiger partial charge in [0.2, 0.25) is 0 Å². The predicted octanol–water partition coefficient (Wildman–Crippen LogP) is 1.99. The first-order chi connectivity index (χ1) is 4.32. The summed E-state index contributed by atoms with van der Waals surface area (Å²) in [4.78, 5) is 0. The lowest BCUT2D eigenvalue weighted by Gasteiger charge is -1.99. The number of hydrogen-bond donors (Lipinski definition) is 0. The summed E-state index contributed by atoms with van der Waals surface area (Å²) in [6.07, 6.45) is 9.54. The summed E-state index contributed by atoms with van der Waals surface area (Å²) >= 11 is 0. The Hall–Kier alpha value is -0.520. The molecule has 0 radical (unpaired) electrons. The molecule has 0 nitrogen and oxygen atoms in total. The van der Waals surface area contributed by atoms with Crippen LogP contribution in [-0.2, 0) is 0 Å². The van der Waals surface area contributed by atoms with Crippen molar-refractivity contribution in [3.05, 3.63) is 24.3 Å². The average Bonchev–Trinajstić information content (AvgIpc) is 2.27. The molecule has 0 bridgehead atoms. The van der Waals surface area contributed by atoms with E-state index in [4.69, 9.17) is 0 Å². The molecule has 9 heavy (non-hydrogen) atoms. The summed E-state index contributed by atoms with van der Waals surface area (Å²) < 4.78 is 0. The molecule has 4 unspecified atom stereocenters. The summed E-state index contributed by atoms with van der Waals surface area (Å²) in [6, 6.07) is 0. The van der Waals surface area contributed by atoms with Gasteiger partial charge in [-0.05, 0) is 23.2 Å². The van der Waals surface area contributed by atoms with Crippen LogP contribution in [-0.4, -0.2) is 0 Å². The van der Waals surface area contributed by atoms with Gasteiger partial charge in [-0.2, -0.15) is 0 Å². The molecule has 0 spiro atoms. The highest BCUT2D eigenvalue weighted by Crippen LogP contribution is 2.70. The molecule has 3 aliphatic rings. The van der Waals surface area contributed by atoms with E-state index >= 15 is 0 Å². The summed E-state index contributed by atoms with van der Waals surface area (Å²) in [7, 11) is 0. The molecule has 0 aromatic carbocycles. The molecule has 3 rings (SSSR count). The van der Waals surface area contributed by atoms with Gasteiger partial charge in [0.1, 0.15) is 0 Å². The fraction of sp³-hybridized carbons (Fsp3) is 0.556. The Balaban J connectivity index is 2.21. The van der Waals surface area contributed by atoms with E-state index in [0.717, 1.165) is 17.8 Å². The second-order valence-electron chi connectivity index (χ2n) is 3.74. The van der Waals surface area contributed by atoms with Crippen LogP contribution in [0.3, 0.4) is 0 Å². The van der Waals surface area contributed by atoms with E-state index in [1.807, 2.05) is 0 Å². The molecular formula is C9H10. The van der Waals surface area contributed by atoms with E-state index in [0.29, 0.717) is 5.41 Å². The van der Waals surface area contributed by atoms with Gasteiger partial charge in [0.15, 0.2) is 0 Å². The van der Waals surface area contributed by atoms with Crippen LogP contribution in [0.2, 0.25) is 0 Å². The Morgan fingerprint density at radius 1 is 1.22 bits per heavy atom. The molecule has 46 valence electrons. The van der Waals surface area contributed by atoms with Gasteiger partial charge < -0.3 is 0 Å². The third-order valence-electron chi connectivity index (χ3n) is 3.35. The first kappa shape index (κ1) is 4.32. The van der Waals surface area contributed by atoms with Crippen LogP contribution in [0.15, 0.2) is 24.3 Å². The number of allylic oxidation sites excluding steroid dienone is 4. The van der Waals surface area contributed by atoms with Crippen molar-refractivity contribution in [3.63, 3.8) is 0 Å². The van der Waals surface area contributed by atoms with Crippen LogP contribution in [0.1, 0.15) is 6.92 Å². The highest BCUT2D eigenvalue weighted by molar-refractivity contribution is 5.39. The summed E-state index contributed by atoms with van der Waals surface area (Å²) in [5.74, 6) is 2.73. The number of rotatable bonds is 0. The topological polar surface area (TPSA) is 0 Å². The zero-order chi connectivity index (χ0) is 6.06. The lowest BCUT2D eigenvalue weighted by Crippen LogP contribution is -1.93.